The largest absolute Gasteiger partial charge is 0.480 e. The van der Waals surface area contributed by atoms with Crippen molar-refractivity contribution in [2.24, 2.45) is 0 Å². The van der Waals surface area contributed by atoms with E-state index in [0.717, 1.165) is 38.8 Å². The van der Waals surface area contributed by atoms with Gasteiger partial charge in [0.05, 0.1) is 0 Å². The zero-order valence-corrected chi connectivity index (χ0v) is 9.57. The molecule has 0 spiro atoms. The predicted molar refractivity (Wildman–Crippen MR) is 57.9 cm³/mol. The zero-order valence-electron chi connectivity index (χ0n) is 9.57. The van der Waals surface area contributed by atoms with Gasteiger partial charge in [-0.3, -0.25) is 9.69 Å². The van der Waals surface area contributed by atoms with Crippen molar-refractivity contribution in [3.05, 3.63) is 0 Å². The van der Waals surface area contributed by atoms with Crippen molar-refractivity contribution < 1.29 is 9.90 Å². The van der Waals surface area contributed by atoms with Gasteiger partial charge in [-0.2, -0.15) is 0 Å². The third-order valence-electron chi connectivity index (χ3n) is 4.17. The maximum absolute atomic E-state index is 11.3. The summed E-state index contributed by atoms with van der Waals surface area (Å²) in [5.74, 6) is -0.634. The van der Waals surface area contributed by atoms with Gasteiger partial charge in [-0.15, -0.1) is 0 Å². The van der Waals surface area contributed by atoms with Gasteiger partial charge in [0.15, 0.2) is 0 Å². The van der Waals surface area contributed by atoms with Crippen molar-refractivity contribution in [1.29, 1.82) is 0 Å². The first-order valence-electron chi connectivity index (χ1n) is 5.71. The molecule has 0 aromatic heterocycles. The van der Waals surface area contributed by atoms with E-state index < -0.39 is 11.5 Å². The van der Waals surface area contributed by atoms with Crippen molar-refractivity contribution >= 4 is 5.97 Å². The molecule has 15 heavy (non-hydrogen) atoms. The van der Waals surface area contributed by atoms with Gasteiger partial charge in [-0.25, -0.2) is 0 Å². The second-order valence-electron chi connectivity index (χ2n) is 5.01. The fourth-order valence-corrected chi connectivity index (χ4v) is 2.81. The lowest BCUT2D eigenvalue weighted by Gasteiger charge is -2.47. The number of rotatable bonds is 3. The molecule has 1 N–H and O–H groups in total. The van der Waals surface area contributed by atoms with Crippen LogP contribution in [0.2, 0.25) is 0 Å². The lowest BCUT2D eigenvalue weighted by Crippen LogP contribution is -2.61. The van der Waals surface area contributed by atoms with Crippen molar-refractivity contribution in [1.82, 2.24) is 9.80 Å². The minimum atomic E-state index is -0.634. The van der Waals surface area contributed by atoms with Crippen molar-refractivity contribution in [3.8, 4) is 0 Å². The summed E-state index contributed by atoms with van der Waals surface area (Å²) in [5, 5.41) is 9.33. The van der Waals surface area contributed by atoms with E-state index in [1.54, 1.807) is 0 Å². The summed E-state index contributed by atoms with van der Waals surface area (Å²) in [7, 11) is 4.08. The minimum absolute atomic E-state index is 0.423. The third-order valence-corrected chi connectivity index (χ3v) is 4.17. The van der Waals surface area contributed by atoms with Crippen molar-refractivity contribution in [2.75, 3.05) is 27.2 Å². The van der Waals surface area contributed by atoms with E-state index in [1.807, 2.05) is 7.05 Å². The van der Waals surface area contributed by atoms with E-state index in [0.29, 0.717) is 6.04 Å². The highest BCUT2D eigenvalue weighted by atomic mass is 16.4. The Morgan fingerprint density at radius 3 is 2.53 bits per heavy atom. The number of nitrogens with zero attached hydrogens (tertiary/aromatic N) is 2. The Kier molecular flexibility index (Phi) is 2.73. The molecule has 4 nitrogen and oxygen atoms in total. The molecule has 1 atom stereocenters. The molecule has 1 unspecified atom stereocenters. The van der Waals surface area contributed by atoms with Crippen LogP contribution >= 0.6 is 0 Å². The van der Waals surface area contributed by atoms with Gasteiger partial charge >= 0.3 is 5.97 Å². The van der Waals surface area contributed by atoms with E-state index in [1.165, 1.54) is 0 Å². The highest BCUT2D eigenvalue weighted by Crippen LogP contribution is 2.39. The molecule has 2 fully saturated rings. The number of carboxylic acids is 1. The fourth-order valence-electron chi connectivity index (χ4n) is 2.81. The second kappa shape index (κ2) is 3.76. The molecule has 2 rings (SSSR count). The molecule has 1 aliphatic heterocycles. The molecular weight excluding hydrogens is 192 g/mol. The molecule has 4 heteroatoms. The summed E-state index contributed by atoms with van der Waals surface area (Å²) in [6, 6.07) is 0.423. The number of carboxylic acid groups (broad SMARTS) is 1. The molecule has 1 saturated heterocycles. The Bertz CT molecular complexity index is 263. The first-order chi connectivity index (χ1) is 7.06. The number of likely N-dealkylation sites (tertiary alicyclic amines) is 1. The Labute approximate surface area is 90.9 Å². The van der Waals surface area contributed by atoms with Gasteiger partial charge < -0.3 is 10.0 Å². The molecule has 2 aliphatic rings. The van der Waals surface area contributed by atoms with Gasteiger partial charge in [0.1, 0.15) is 5.54 Å². The van der Waals surface area contributed by atoms with Gasteiger partial charge in [0, 0.05) is 12.6 Å². The van der Waals surface area contributed by atoms with Crippen LogP contribution in [0.15, 0.2) is 0 Å². The van der Waals surface area contributed by atoms with Crippen LogP contribution in [0.1, 0.15) is 25.7 Å². The van der Waals surface area contributed by atoms with Crippen LogP contribution in [0, 0.1) is 0 Å². The van der Waals surface area contributed by atoms with E-state index >= 15 is 0 Å². The lowest BCUT2D eigenvalue weighted by atomic mass is 9.75. The average molecular weight is 212 g/mol. The van der Waals surface area contributed by atoms with E-state index in [-0.39, 0.29) is 0 Å². The monoisotopic (exact) mass is 212 g/mol. The molecule has 0 aromatic rings. The molecule has 1 saturated carbocycles. The van der Waals surface area contributed by atoms with Gasteiger partial charge in [0.2, 0.25) is 0 Å². The van der Waals surface area contributed by atoms with E-state index in [4.69, 9.17) is 0 Å². The van der Waals surface area contributed by atoms with Gasteiger partial charge in [-0.05, 0) is 46.3 Å². The quantitative estimate of drug-likeness (QED) is 0.745. The SMILES string of the molecule is CN1CCC(N(C)C2(C(=O)O)CCC2)C1. The van der Waals surface area contributed by atoms with Gasteiger partial charge in [-0.1, -0.05) is 0 Å². The van der Waals surface area contributed by atoms with Crippen LogP contribution in [-0.4, -0.2) is 59.6 Å². The molecule has 0 radical (unpaired) electrons. The molecule has 1 heterocycles. The van der Waals surface area contributed by atoms with E-state index in [2.05, 4.69) is 16.8 Å². The maximum Gasteiger partial charge on any atom is 0.324 e. The smallest absolute Gasteiger partial charge is 0.324 e. The molecular formula is C11H20N2O2. The predicted octanol–water partition coefficient (Wildman–Crippen LogP) is 0.630. The Hall–Kier alpha value is -0.610. The Morgan fingerprint density at radius 2 is 2.20 bits per heavy atom. The molecule has 86 valence electrons. The normalized spacial score (nSPS) is 30.5. The van der Waals surface area contributed by atoms with Gasteiger partial charge in [0.25, 0.3) is 0 Å². The Balaban J connectivity index is 2.05. The summed E-state index contributed by atoms with van der Waals surface area (Å²) in [4.78, 5) is 15.7. The summed E-state index contributed by atoms with van der Waals surface area (Å²) < 4.78 is 0. The summed E-state index contributed by atoms with van der Waals surface area (Å²) in [6.07, 6.45) is 3.79. The molecule has 1 aliphatic carbocycles. The van der Waals surface area contributed by atoms with Crippen LogP contribution in [0.25, 0.3) is 0 Å². The summed E-state index contributed by atoms with van der Waals surface area (Å²) >= 11 is 0. The fraction of sp³-hybridized carbons (Fsp3) is 0.909. The first kappa shape index (κ1) is 10.9. The minimum Gasteiger partial charge on any atom is -0.480 e. The third kappa shape index (κ3) is 1.66. The topological polar surface area (TPSA) is 43.8 Å². The number of likely N-dealkylation sites (N-methyl/N-ethyl adjacent to an activating group) is 2. The first-order valence-corrected chi connectivity index (χ1v) is 5.71. The van der Waals surface area contributed by atoms with Crippen LogP contribution in [-0.2, 0) is 4.79 Å². The zero-order chi connectivity index (χ0) is 11.1. The van der Waals surface area contributed by atoms with Crippen LogP contribution < -0.4 is 0 Å². The number of carbonyl (C=O) groups is 1. The van der Waals surface area contributed by atoms with Crippen molar-refractivity contribution in [2.45, 2.75) is 37.3 Å². The highest BCUT2D eigenvalue weighted by Gasteiger charge is 2.50. The molecule has 0 amide bonds. The van der Waals surface area contributed by atoms with Crippen LogP contribution in [0.5, 0.6) is 0 Å². The standard InChI is InChI=1S/C11H20N2O2/c1-12-7-4-9(8-12)13(2)11(10(14)15)5-3-6-11/h9H,3-8H2,1-2H3,(H,14,15). The lowest BCUT2D eigenvalue weighted by molar-refractivity contribution is -0.159. The molecule has 0 aromatic carbocycles. The van der Waals surface area contributed by atoms with Crippen molar-refractivity contribution in [3.63, 3.8) is 0 Å². The summed E-state index contributed by atoms with van der Waals surface area (Å²) in [5.41, 5.74) is -0.546. The van der Waals surface area contributed by atoms with Crippen LogP contribution in [0.3, 0.4) is 0 Å². The second-order valence-corrected chi connectivity index (χ2v) is 5.01. The summed E-state index contributed by atoms with van der Waals surface area (Å²) in [6.45, 7) is 2.09. The highest BCUT2D eigenvalue weighted by molar-refractivity contribution is 5.80. The number of hydrogen-bond donors (Lipinski definition) is 1. The molecule has 0 bridgehead atoms. The Morgan fingerprint density at radius 1 is 1.53 bits per heavy atom. The average Bonchev–Trinajstić information content (AvgIpc) is 2.48. The maximum atomic E-state index is 11.3. The van der Waals surface area contributed by atoms with Crippen LogP contribution in [0.4, 0.5) is 0 Å². The van der Waals surface area contributed by atoms with E-state index in [9.17, 15) is 9.90 Å². The number of hydrogen-bond acceptors (Lipinski definition) is 3. The number of aliphatic carboxylic acids is 1.